The molecule has 2 unspecified atom stereocenters. The summed E-state index contributed by atoms with van der Waals surface area (Å²) in [5.74, 6) is -2.28. The molecular weight excluding hydrogens is 592 g/mol. The summed E-state index contributed by atoms with van der Waals surface area (Å²) < 4.78 is 1.43. The first-order valence-corrected chi connectivity index (χ1v) is 15.4. The van der Waals surface area contributed by atoms with Crippen LogP contribution in [-0.4, -0.2) is 41.6 Å². The quantitative estimate of drug-likeness (QED) is 0.292. The average molecular weight is 619 g/mol. The van der Waals surface area contributed by atoms with E-state index in [9.17, 15) is 19.2 Å². The Labute approximate surface area is 255 Å². The van der Waals surface area contributed by atoms with Crippen molar-refractivity contribution in [1.29, 1.82) is 0 Å². The third kappa shape index (κ3) is 4.93. The number of carbonyl (C=O) groups is 3. The Hall–Kier alpha value is -3.86. The predicted octanol–water partition coefficient (Wildman–Crippen LogP) is 5.37. The molecule has 42 heavy (non-hydrogen) atoms. The first-order chi connectivity index (χ1) is 20.1. The van der Waals surface area contributed by atoms with E-state index in [1.807, 2.05) is 68.4 Å². The molecule has 8 nitrogen and oxygen atoms in total. The van der Waals surface area contributed by atoms with Crippen molar-refractivity contribution in [3.8, 4) is 0 Å². The highest BCUT2D eigenvalue weighted by molar-refractivity contribution is 8.00. The maximum absolute atomic E-state index is 14.0. The van der Waals surface area contributed by atoms with Gasteiger partial charge in [0.25, 0.3) is 0 Å². The number of para-hydroxylation sites is 1. The number of nitrogens with one attached hydrogen (secondary N) is 1. The second-order valence-corrected chi connectivity index (χ2v) is 13.1. The Morgan fingerprint density at radius 2 is 1.64 bits per heavy atom. The number of nitrogens with zero attached hydrogens (tertiary/aromatic N) is 3. The van der Waals surface area contributed by atoms with E-state index in [0.29, 0.717) is 26.3 Å². The molecule has 1 N–H and O–H groups in total. The molecule has 4 aromatic rings. The summed E-state index contributed by atoms with van der Waals surface area (Å²) in [5.41, 5.74) is 3.83. The zero-order chi connectivity index (χ0) is 29.7. The van der Waals surface area contributed by atoms with Crippen molar-refractivity contribution in [2.45, 2.75) is 29.7 Å². The highest BCUT2D eigenvalue weighted by Gasteiger charge is 2.56. The predicted molar refractivity (Wildman–Crippen MR) is 168 cm³/mol. The number of hydrogen-bond donors (Lipinski definition) is 1. The molecule has 3 amide bonds. The van der Waals surface area contributed by atoms with Crippen LogP contribution in [0.15, 0.2) is 82.6 Å². The highest BCUT2D eigenvalue weighted by atomic mass is 35.5. The van der Waals surface area contributed by atoms with Gasteiger partial charge in [-0.25, -0.2) is 4.90 Å². The van der Waals surface area contributed by atoms with Gasteiger partial charge in [0.1, 0.15) is 11.8 Å². The first-order valence-electron chi connectivity index (χ1n) is 13.3. The average Bonchev–Trinajstić information content (AvgIpc) is 3.41. The summed E-state index contributed by atoms with van der Waals surface area (Å²) in [6.07, 6.45) is 0. The molecular formula is C31H27ClN4O4S2. The van der Waals surface area contributed by atoms with Crippen molar-refractivity contribution in [3.63, 3.8) is 0 Å². The zero-order valence-electron chi connectivity index (χ0n) is 23.0. The molecule has 2 aliphatic rings. The molecule has 0 spiro atoms. The number of rotatable bonds is 6. The molecule has 6 rings (SSSR count). The van der Waals surface area contributed by atoms with Crippen molar-refractivity contribution in [1.82, 2.24) is 4.57 Å². The topological polar surface area (TPSA) is 91.7 Å². The number of thiazole rings is 1. The normalized spacial score (nSPS) is 19.4. The van der Waals surface area contributed by atoms with Crippen LogP contribution < -0.4 is 20.0 Å². The highest BCUT2D eigenvalue weighted by Crippen LogP contribution is 2.54. The van der Waals surface area contributed by atoms with Gasteiger partial charge >= 0.3 is 4.87 Å². The van der Waals surface area contributed by atoms with Gasteiger partial charge in [0, 0.05) is 41.3 Å². The van der Waals surface area contributed by atoms with Gasteiger partial charge in [-0.05, 0) is 60.5 Å². The summed E-state index contributed by atoms with van der Waals surface area (Å²) in [6.45, 7) is 1.68. The van der Waals surface area contributed by atoms with E-state index < -0.39 is 17.1 Å². The fourth-order valence-corrected chi connectivity index (χ4v) is 8.38. The number of imide groups is 1. The van der Waals surface area contributed by atoms with Crippen LogP contribution in [0, 0.1) is 12.8 Å². The van der Waals surface area contributed by atoms with Crippen molar-refractivity contribution < 1.29 is 14.4 Å². The molecule has 0 bridgehead atoms. The lowest BCUT2D eigenvalue weighted by molar-refractivity contribution is -0.122. The summed E-state index contributed by atoms with van der Waals surface area (Å²) in [5, 5.41) is 3.17. The van der Waals surface area contributed by atoms with Crippen LogP contribution in [0.25, 0.3) is 0 Å². The number of carbonyl (C=O) groups excluding carboxylic acids is 3. The summed E-state index contributed by atoms with van der Waals surface area (Å²) in [7, 11) is 3.88. The standard InChI is InChI=1S/C31H27ClN4O4S2/c1-17-6-4-5-7-22(17)33-23(37)16-35-30-27(42-31(35)40)24(18-8-12-20(13-9-18)34(2)3)25-26(41-30)29(39)36(28(25)38)21-14-10-19(32)11-15-21/h4-15,24-26H,16H2,1-3H3,(H,33,37)/t24-,25?,26?/m1/s1. The largest absolute Gasteiger partial charge is 0.378 e. The van der Waals surface area contributed by atoms with Gasteiger partial charge in [-0.2, -0.15) is 0 Å². The van der Waals surface area contributed by atoms with Gasteiger partial charge in [0.05, 0.1) is 16.6 Å². The van der Waals surface area contributed by atoms with Gasteiger partial charge in [0.15, 0.2) is 0 Å². The molecule has 3 aromatic carbocycles. The zero-order valence-corrected chi connectivity index (χ0v) is 25.4. The lowest BCUT2D eigenvalue weighted by Gasteiger charge is -2.31. The molecule has 214 valence electrons. The Morgan fingerprint density at radius 3 is 2.31 bits per heavy atom. The monoisotopic (exact) mass is 618 g/mol. The molecule has 3 atom stereocenters. The first kappa shape index (κ1) is 28.3. The van der Waals surface area contributed by atoms with Crippen molar-refractivity contribution >= 4 is 69.5 Å². The number of thioether (sulfide) groups is 1. The maximum atomic E-state index is 14.0. The Bertz CT molecular complexity index is 1760. The molecule has 11 heteroatoms. The fourth-order valence-electron chi connectivity index (χ4n) is 5.49. The minimum atomic E-state index is -0.765. The lowest BCUT2D eigenvalue weighted by Crippen LogP contribution is -2.33. The molecule has 1 saturated heterocycles. The second-order valence-electron chi connectivity index (χ2n) is 10.5. The molecule has 1 aromatic heterocycles. The fraction of sp³-hybridized carbons (Fsp3) is 0.226. The number of aryl methyl sites for hydroxylation is 1. The Balaban J connectivity index is 1.42. The van der Waals surface area contributed by atoms with Gasteiger partial charge in [-0.15, -0.1) is 0 Å². The number of fused-ring (bicyclic) bond motifs is 2. The summed E-state index contributed by atoms with van der Waals surface area (Å²) in [6, 6.07) is 21.8. The van der Waals surface area contributed by atoms with E-state index in [1.165, 1.54) is 21.2 Å². The van der Waals surface area contributed by atoms with E-state index >= 15 is 0 Å². The number of anilines is 3. The molecule has 0 aliphatic carbocycles. The number of halogens is 1. The lowest BCUT2D eigenvalue weighted by atomic mass is 9.83. The summed E-state index contributed by atoms with van der Waals surface area (Å²) in [4.78, 5) is 57.9. The van der Waals surface area contributed by atoms with Gasteiger partial charge < -0.3 is 10.2 Å². The SMILES string of the molecule is Cc1ccccc1NC(=O)Cn1c2c(sc1=O)[C@H](c1ccc(N(C)C)cc1)C1C(=O)N(c3ccc(Cl)cc3)C(=O)C1S2. The van der Waals surface area contributed by atoms with Gasteiger partial charge in [0.2, 0.25) is 17.7 Å². The van der Waals surface area contributed by atoms with E-state index in [-0.39, 0.29) is 29.1 Å². The maximum Gasteiger partial charge on any atom is 0.308 e. The number of amides is 3. The molecule has 1 fully saturated rings. The number of benzene rings is 3. The van der Waals surface area contributed by atoms with E-state index in [2.05, 4.69) is 5.32 Å². The third-order valence-corrected chi connectivity index (χ3v) is 10.5. The van der Waals surface area contributed by atoms with Crippen LogP contribution in [0.4, 0.5) is 17.1 Å². The van der Waals surface area contributed by atoms with Crippen LogP contribution in [0.3, 0.4) is 0 Å². The molecule has 2 aliphatic heterocycles. The Morgan fingerprint density at radius 1 is 0.952 bits per heavy atom. The number of hydrogen-bond acceptors (Lipinski definition) is 7. The number of aromatic nitrogens is 1. The van der Waals surface area contributed by atoms with Crippen LogP contribution in [0.5, 0.6) is 0 Å². The minimum absolute atomic E-state index is 0.210. The van der Waals surface area contributed by atoms with Crippen LogP contribution >= 0.6 is 34.7 Å². The molecule has 0 saturated carbocycles. The van der Waals surface area contributed by atoms with E-state index in [4.69, 9.17) is 11.6 Å². The molecule has 3 heterocycles. The van der Waals surface area contributed by atoms with Crippen molar-refractivity contribution in [2.24, 2.45) is 5.92 Å². The van der Waals surface area contributed by atoms with E-state index in [1.54, 1.807) is 30.3 Å². The van der Waals surface area contributed by atoms with Crippen molar-refractivity contribution in [2.75, 3.05) is 29.2 Å². The van der Waals surface area contributed by atoms with Gasteiger partial charge in [-0.1, -0.05) is 65.0 Å². The third-order valence-electron chi connectivity index (χ3n) is 7.62. The Kier molecular flexibility index (Phi) is 7.46. The van der Waals surface area contributed by atoms with Crippen LogP contribution in [-0.2, 0) is 20.9 Å². The summed E-state index contributed by atoms with van der Waals surface area (Å²) >= 11 is 8.29. The van der Waals surface area contributed by atoms with Crippen molar-refractivity contribution in [3.05, 3.63) is 103 Å². The van der Waals surface area contributed by atoms with E-state index in [0.717, 1.165) is 28.2 Å². The smallest absolute Gasteiger partial charge is 0.308 e. The van der Waals surface area contributed by atoms with Crippen LogP contribution in [0.1, 0.15) is 21.9 Å². The van der Waals surface area contributed by atoms with Gasteiger partial charge in [-0.3, -0.25) is 23.7 Å². The second kappa shape index (κ2) is 11.1. The minimum Gasteiger partial charge on any atom is -0.378 e. The van der Waals surface area contributed by atoms with Crippen LogP contribution in [0.2, 0.25) is 5.02 Å². The molecule has 0 radical (unpaired) electrons.